The molecule has 112 valence electrons. The van der Waals surface area contributed by atoms with Crippen LogP contribution in [0.1, 0.15) is 31.2 Å². The highest BCUT2D eigenvalue weighted by Gasteiger charge is 2.58. The van der Waals surface area contributed by atoms with Gasteiger partial charge in [-0.3, -0.25) is 0 Å². The maximum absolute atomic E-state index is 4.59. The van der Waals surface area contributed by atoms with Crippen LogP contribution < -0.4 is 5.32 Å². The van der Waals surface area contributed by atoms with E-state index in [1.54, 1.807) is 4.52 Å². The van der Waals surface area contributed by atoms with Crippen LogP contribution >= 0.6 is 0 Å². The maximum Gasteiger partial charge on any atom is 0.178 e. The van der Waals surface area contributed by atoms with Gasteiger partial charge < -0.3 is 5.32 Å². The van der Waals surface area contributed by atoms with Crippen LogP contribution in [-0.4, -0.2) is 25.9 Å². The molecule has 1 N–H and O–H groups in total. The summed E-state index contributed by atoms with van der Waals surface area (Å²) in [5.41, 5.74) is 2.38. The molecule has 0 saturated heterocycles. The Labute approximate surface area is 129 Å². The van der Waals surface area contributed by atoms with Crippen molar-refractivity contribution in [2.45, 2.75) is 32.7 Å². The normalized spacial score (nSPS) is 22.7. The van der Waals surface area contributed by atoms with E-state index >= 15 is 0 Å². The maximum atomic E-state index is 4.59. The monoisotopic (exact) mass is 293 g/mol. The molecule has 0 aliphatic heterocycles. The van der Waals surface area contributed by atoms with Gasteiger partial charge in [-0.2, -0.15) is 4.52 Å². The van der Waals surface area contributed by atoms with Gasteiger partial charge in [-0.1, -0.05) is 44.2 Å². The Kier molecular flexibility index (Phi) is 2.73. The zero-order valence-electron chi connectivity index (χ0n) is 13.0. The molecule has 3 aromatic rings. The number of anilines is 1. The van der Waals surface area contributed by atoms with Gasteiger partial charge in [0.15, 0.2) is 11.5 Å². The van der Waals surface area contributed by atoms with E-state index in [9.17, 15) is 0 Å². The van der Waals surface area contributed by atoms with Gasteiger partial charge in [-0.05, 0) is 30.0 Å². The second-order valence-electron chi connectivity index (χ2n) is 6.57. The lowest BCUT2D eigenvalue weighted by Gasteiger charge is -2.07. The Morgan fingerprint density at radius 1 is 1.05 bits per heavy atom. The molecule has 1 aliphatic carbocycles. The molecule has 0 spiro atoms. The van der Waals surface area contributed by atoms with Crippen LogP contribution in [0.3, 0.4) is 0 Å². The Morgan fingerprint density at radius 3 is 2.59 bits per heavy atom. The fourth-order valence-electron chi connectivity index (χ4n) is 3.32. The van der Waals surface area contributed by atoms with E-state index in [1.165, 1.54) is 5.56 Å². The second kappa shape index (κ2) is 4.53. The van der Waals surface area contributed by atoms with Crippen molar-refractivity contribution < 1.29 is 0 Å². The van der Waals surface area contributed by atoms with Gasteiger partial charge in [0.2, 0.25) is 0 Å². The molecule has 1 aliphatic rings. The molecule has 0 radical (unpaired) electrons. The molecule has 5 nitrogen and oxygen atoms in total. The molecule has 2 aromatic heterocycles. The highest BCUT2D eigenvalue weighted by molar-refractivity contribution is 5.48. The van der Waals surface area contributed by atoms with E-state index in [1.807, 2.05) is 19.1 Å². The van der Waals surface area contributed by atoms with Gasteiger partial charge in [0.05, 0.1) is 0 Å². The first kappa shape index (κ1) is 13.2. The van der Waals surface area contributed by atoms with E-state index < -0.39 is 0 Å². The standard InChI is InChI=1S/C17H19N5/c1-11-19-20-14-10-9-13(21-22(11)14)18-16-15(17(16,2)3)12-7-5-4-6-8-12/h4-10,15-16H,1-3H3,(H,18,21)/t15-,16-/m0/s1. The smallest absolute Gasteiger partial charge is 0.178 e. The molecule has 22 heavy (non-hydrogen) atoms. The number of aryl methyl sites for hydroxylation is 1. The zero-order valence-corrected chi connectivity index (χ0v) is 13.0. The minimum atomic E-state index is 0.222. The predicted molar refractivity (Wildman–Crippen MR) is 85.9 cm³/mol. The number of nitrogens with zero attached hydrogens (tertiary/aromatic N) is 4. The molecule has 2 atom stereocenters. The van der Waals surface area contributed by atoms with Crippen molar-refractivity contribution in [1.29, 1.82) is 0 Å². The fourth-order valence-corrected chi connectivity index (χ4v) is 3.32. The molecule has 0 amide bonds. The third kappa shape index (κ3) is 1.96. The van der Waals surface area contributed by atoms with Crippen LogP contribution in [0.4, 0.5) is 5.82 Å². The topological polar surface area (TPSA) is 55.1 Å². The van der Waals surface area contributed by atoms with Crippen LogP contribution in [0, 0.1) is 12.3 Å². The second-order valence-corrected chi connectivity index (χ2v) is 6.57. The Hall–Kier alpha value is -2.43. The number of aromatic nitrogens is 4. The third-order valence-electron chi connectivity index (χ3n) is 4.71. The van der Waals surface area contributed by atoms with Crippen molar-refractivity contribution in [2.24, 2.45) is 5.41 Å². The first-order chi connectivity index (χ1) is 10.6. The predicted octanol–water partition coefficient (Wildman–Crippen LogP) is 3.04. The van der Waals surface area contributed by atoms with E-state index in [2.05, 4.69) is 64.8 Å². The van der Waals surface area contributed by atoms with E-state index in [0.29, 0.717) is 12.0 Å². The Balaban J connectivity index is 1.61. The number of fused-ring (bicyclic) bond motifs is 1. The van der Waals surface area contributed by atoms with E-state index in [0.717, 1.165) is 17.3 Å². The summed E-state index contributed by atoms with van der Waals surface area (Å²) in [6.45, 7) is 6.50. The minimum Gasteiger partial charge on any atom is -0.365 e. The number of benzene rings is 1. The molecular weight excluding hydrogens is 274 g/mol. The van der Waals surface area contributed by atoms with Crippen LogP contribution in [0.25, 0.3) is 5.65 Å². The van der Waals surface area contributed by atoms with Crippen LogP contribution in [0.5, 0.6) is 0 Å². The van der Waals surface area contributed by atoms with Crippen molar-refractivity contribution in [2.75, 3.05) is 5.32 Å². The molecule has 4 rings (SSSR count). The van der Waals surface area contributed by atoms with Crippen molar-refractivity contribution in [1.82, 2.24) is 19.8 Å². The lowest BCUT2D eigenvalue weighted by Crippen LogP contribution is -2.11. The molecular formula is C17H19N5. The van der Waals surface area contributed by atoms with Gasteiger partial charge in [-0.15, -0.1) is 15.3 Å². The molecule has 1 saturated carbocycles. The van der Waals surface area contributed by atoms with E-state index in [-0.39, 0.29) is 5.41 Å². The molecule has 2 heterocycles. The number of rotatable bonds is 3. The average Bonchev–Trinajstić information content (AvgIpc) is 2.86. The molecule has 1 fully saturated rings. The van der Waals surface area contributed by atoms with Crippen LogP contribution in [-0.2, 0) is 0 Å². The first-order valence-corrected chi connectivity index (χ1v) is 7.58. The van der Waals surface area contributed by atoms with Crippen LogP contribution in [0.15, 0.2) is 42.5 Å². The number of hydrogen-bond donors (Lipinski definition) is 1. The SMILES string of the molecule is Cc1nnc2ccc(N[C@H]3[C@H](c4ccccc4)C3(C)C)nn12. The van der Waals surface area contributed by atoms with Gasteiger partial charge in [0, 0.05) is 12.0 Å². The van der Waals surface area contributed by atoms with Gasteiger partial charge in [-0.25, -0.2) is 0 Å². The molecule has 0 bridgehead atoms. The number of nitrogens with one attached hydrogen (secondary N) is 1. The highest BCUT2D eigenvalue weighted by atomic mass is 15.4. The highest BCUT2D eigenvalue weighted by Crippen LogP contribution is 2.59. The lowest BCUT2D eigenvalue weighted by molar-refractivity contribution is 0.607. The third-order valence-corrected chi connectivity index (χ3v) is 4.71. The van der Waals surface area contributed by atoms with Gasteiger partial charge in [0.25, 0.3) is 0 Å². The van der Waals surface area contributed by atoms with Crippen molar-refractivity contribution in [3.05, 3.63) is 53.9 Å². The van der Waals surface area contributed by atoms with Crippen molar-refractivity contribution in [3.8, 4) is 0 Å². The summed E-state index contributed by atoms with van der Waals surface area (Å²) in [4.78, 5) is 0. The van der Waals surface area contributed by atoms with Crippen molar-refractivity contribution >= 4 is 11.5 Å². The number of hydrogen-bond acceptors (Lipinski definition) is 4. The summed E-state index contributed by atoms with van der Waals surface area (Å²) < 4.78 is 1.77. The minimum absolute atomic E-state index is 0.222. The average molecular weight is 293 g/mol. The van der Waals surface area contributed by atoms with Gasteiger partial charge >= 0.3 is 0 Å². The van der Waals surface area contributed by atoms with Gasteiger partial charge in [0.1, 0.15) is 5.82 Å². The van der Waals surface area contributed by atoms with Crippen molar-refractivity contribution in [3.63, 3.8) is 0 Å². The molecule has 5 heteroatoms. The van der Waals surface area contributed by atoms with E-state index in [4.69, 9.17) is 0 Å². The summed E-state index contributed by atoms with van der Waals surface area (Å²) in [7, 11) is 0. The van der Waals surface area contributed by atoms with Crippen LogP contribution in [0.2, 0.25) is 0 Å². The fraction of sp³-hybridized carbons (Fsp3) is 0.353. The first-order valence-electron chi connectivity index (χ1n) is 7.58. The Morgan fingerprint density at radius 2 is 1.82 bits per heavy atom. The quantitative estimate of drug-likeness (QED) is 0.806. The molecule has 0 unspecified atom stereocenters. The summed E-state index contributed by atoms with van der Waals surface area (Å²) in [6, 6.07) is 15.0. The summed E-state index contributed by atoms with van der Waals surface area (Å²) in [5, 5.41) is 16.3. The zero-order chi connectivity index (χ0) is 15.3. The molecule has 1 aromatic carbocycles. The Bertz CT molecular complexity index is 821. The summed E-state index contributed by atoms with van der Waals surface area (Å²) >= 11 is 0. The lowest BCUT2D eigenvalue weighted by atomic mass is 10.0. The largest absolute Gasteiger partial charge is 0.365 e. The summed E-state index contributed by atoms with van der Waals surface area (Å²) in [6.07, 6.45) is 0. The summed E-state index contributed by atoms with van der Waals surface area (Å²) in [5.74, 6) is 2.17.